The molecule has 0 bridgehead atoms. The van der Waals surface area contributed by atoms with Crippen LogP contribution in [-0.4, -0.2) is 58.4 Å². The number of amides is 1. The van der Waals surface area contributed by atoms with Crippen LogP contribution in [0, 0.1) is 11.6 Å². The first-order chi connectivity index (χ1) is 12.5. The summed E-state index contributed by atoms with van der Waals surface area (Å²) in [6.45, 7) is 0.728. The van der Waals surface area contributed by atoms with Crippen molar-refractivity contribution >= 4 is 6.09 Å². The summed E-state index contributed by atoms with van der Waals surface area (Å²) in [6, 6.07) is 11.3. The average molecular weight is 362 g/mol. The molecule has 138 valence electrons. The number of aliphatic hydroxyl groups is 1. The Morgan fingerprint density at radius 3 is 1.92 bits per heavy atom. The normalized spacial score (nSPS) is 18.3. The van der Waals surface area contributed by atoms with Gasteiger partial charge in [-0.2, -0.15) is 0 Å². The molecule has 5 nitrogen and oxygen atoms in total. The van der Waals surface area contributed by atoms with Gasteiger partial charge in [0.2, 0.25) is 0 Å². The summed E-state index contributed by atoms with van der Waals surface area (Å²) < 4.78 is 26.7. The molecular weight excluding hydrogens is 342 g/mol. The molecule has 3 rings (SSSR count). The van der Waals surface area contributed by atoms with Crippen molar-refractivity contribution in [1.29, 1.82) is 0 Å². The van der Waals surface area contributed by atoms with E-state index < -0.39 is 12.1 Å². The first-order valence-electron chi connectivity index (χ1n) is 8.35. The van der Waals surface area contributed by atoms with Gasteiger partial charge in [0.15, 0.2) is 0 Å². The van der Waals surface area contributed by atoms with E-state index in [2.05, 4.69) is 0 Å². The lowest BCUT2D eigenvalue weighted by molar-refractivity contribution is 0.0307. The molecule has 7 heteroatoms. The number of rotatable bonds is 4. The molecule has 1 fully saturated rings. The van der Waals surface area contributed by atoms with Crippen molar-refractivity contribution in [3.05, 3.63) is 71.3 Å². The number of carbonyl (C=O) groups is 1. The van der Waals surface area contributed by atoms with Crippen LogP contribution < -0.4 is 0 Å². The van der Waals surface area contributed by atoms with Crippen LogP contribution in [0.5, 0.6) is 0 Å². The van der Waals surface area contributed by atoms with Gasteiger partial charge in [0.05, 0.1) is 18.7 Å². The minimum Gasteiger partial charge on any atom is -0.465 e. The molecule has 2 aromatic carbocycles. The van der Waals surface area contributed by atoms with Crippen molar-refractivity contribution in [2.75, 3.05) is 26.2 Å². The number of aliphatic hydroxyl groups excluding tert-OH is 1. The summed E-state index contributed by atoms with van der Waals surface area (Å²) in [5, 5.41) is 18.9. The Morgan fingerprint density at radius 1 is 1.00 bits per heavy atom. The number of nitrogens with zero attached hydrogens (tertiary/aromatic N) is 2. The van der Waals surface area contributed by atoms with E-state index in [0.29, 0.717) is 13.1 Å². The van der Waals surface area contributed by atoms with Crippen LogP contribution in [0.15, 0.2) is 48.5 Å². The molecule has 1 aliphatic rings. The molecule has 1 amide bonds. The second-order valence-electron chi connectivity index (χ2n) is 6.31. The van der Waals surface area contributed by atoms with Gasteiger partial charge >= 0.3 is 6.09 Å². The van der Waals surface area contributed by atoms with Crippen LogP contribution >= 0.6 is 0 Å². The molecule has 0 saturated carbocycles. The van der Waals surface area contributed by atoms with Crippen LogP contribution in [0.2, 0.25) is 0 Å². The predicted octanol–water partition coefficient (Wildman–Crippen LogP) is 2.71. The van der Waals surface area contributed by atoms with E-state index in [1.165, 1.54) is 29.2 Å². The van der Waals surface area contributed by atoms with Gasteiger partial charge in [-0.25, -0.2) is 13.6 Å². The van der Waals surface area contributed by atoms with Gasteiger partial charge in [-0.1, -0.05) is 24.3 Å². The molecule has 1 saturated heterocycles. The maximum absolute atomic E-state index is 13.3. The van der Waals surface area contributed by atoms with Gasteiger partial charge in [-0.05, 0) is 35.4 Å². The quantitative estimate of drug-likeness (QED) is 0.878. The summed E-state index contributed by atoms with van der Waals surface area (Å²) in [4.78, 5) is 14.6. The van der Waals surface area contributed by atoms with Crippen molar-refractivity contribution in [1.82, 2.24) is 9.80 Å². The third-order valence-corrected chi connectivity index (χ3v) is 4.71. The maximum Gasteiger partial charge on any atom is 0.407 e. The number of piperazine rings is 1. The van der Waals surface area contributed by atoms with Crippen molar-refractivity contribution in [2.24, 2.45) is 0 Å². The van der Waals surface area contributed by atoms with E-state index in [4.69, 9.17) is 0 Å². The minimum atomic E-state index is -1.07. The predicted molar refractivity (Wildman–Crippen MR) is 91.8 cm³/mol. The van der Waals surface area contributed by atoms with E-state index >= 15 is 0 Å². The van der Waals surface area contributed by atoms with Crippen molar-refractivity contribution in [3.8, 4) is 0 Å². The maximum atomic E-state index is 13.3. The number of benzene rings is 2. The third-order valence-electron chi connectivity index (χ3n) is 4.71. The highest BCUT2D eigenvalue weighted by molar-refractivity contribution is 5.65. The monoisotopic (exact) mass is 362 g/mol. The van der Waals surface area contributed by atoms with Crippen LogP contribution in [0.1, 0.15) is 17.2 Å². The second kappa shape index (κ2) is 7.80. The topological polar surface area (TPSA) is 64.0 Å². The fourth-order valence-corrected chi connectivity index (χ4v) is 3.43. The van der Waals surface area contributed by atoms with E-state index in [1.807, 2.05) is 4.90 Å². The van der Waals surface area contributed by atoms with Gasteiger partial charge in [0.25, 0.3) is 0 Å². The molecule has 0 unspecified atom stereocenters. The zero-order chi connectivity index (χ0) is 18.7. The molecule has 0 aliphatic carbocycles. The SMILES string of the molecule is O=C(O)N1CCN(C(c2ccc(F)cc2)c2ccc(F)cc2)C[C@@H]1CO. The average Bonchev–Trinajstić information content (AvgIpc) is 2.64. The van der Waals surface area contributed by atoms with E-state index in [-0.39, 0.29) is 30.8 Å². The zero-order valence-electron chi connectivity index (χ0n) is 14.1. The first kappa shape index (κ1) is 18.3. The fraction of sp³-hybridized carbons (Fsp3) is 0.316. The molecule has 26 heavy (non-hydrogen) atoms. The van der Waals surface area contributed by atoms with Gasteiger partial charge in [-0.15, -0.1) is 0 Å². The van der Waals surface area contributed by atoms with E-state index in [9.17, 15) is 23.8 Å². The zero-order valence-corrected chi connectivity index (χ0v) is 14.1. The first-order valence-corrected chi connectivity index (χ1v) is 8.35. The molecule has 1 heterocycles. The van der Waals surface area contributed by atoms with E-state index in [0.717, 1.165) is 11.1 Å². The van der Waals surface area contributed by atoms with Gasteiger partial charge in [0, 0.05) is 19.6 Å². The Balaban J connectivity index is 1.94. The molecule has 0 spiro atoms. The summed E-state index contributed by atoms with van der Waals surface area (Å²) in [5.74, 6) is -0.703. The van der Waals surface area contributed by atoms with E-state index in [1.54, 1.807) is 24.3 Å². The van der Waals surface area contributed by atoms with Crippen molar-refractivity contribution in [2.45, 2.75) is 12.1 Å². The lowest BCUT2D eigenvalue weighted by Crippen LogP contribution is -2.57. The molecule has 0 aromatic heterocycles. The summed E-state index contributed by atoms with van der Waals surface area (Å²) >= 11 is 0. The highest BCUT2D eigenvalue weighted by atomic mass is 19.1. The molecule has 1 aliphatic heterocycles. The number of carboxylic acid groups (broad SMARTS) is 1. The van der Waals surface area contributed by atoms with Gasteiger partial charge < -0.3 is 15.1 Å². The fourth-order valence-electron chi connectivity index (χ4n) is 3.43. The molecule has 2 N–H and O–H groups in total. The molecular formula is C19H20F2N2O3. The van der Waals surface area contributed by atoms with Crippen LogP contribution in [0.25, 0.3) is 0 Å². The Morgan fingerprint density at radius 2 is 1.50 bits per heavy atom. The minimum absolute atomic E-state index is 0.249. The molecule has 0 radical (unpaired) electrons. The number of hydrogen-bond acceptors (Lipinski definition) is 3. The summed E-state index contributed by atoms with van der Waals surface area (Å²) in [5.41, 5.74) is 1.64. The highest BCUT2D eigenvalue weighted by Crippen LogP contribution is 2.31. The Labute approximate surface area is 150 Å². The standard InChI is InChI=1S/C19H20F2N2O3/c20-15-5-1-13(2-6-15)18(14-3-7-16(21)8-4-14)22-9-10-23(19(25)26)17(11-22)12-24/h1-8,17-18,24H,9-12H2,(H,25,26)/t17-/m1/s1. The molecule has 1 atom stereocenters. The lowest BCUT2D eigenvalue weighted by atomic mass is 9.95. The largest absolute Gasteiger partial charge is 0.465 e. The highest BCUT2D eigenvalue weighted by Gasteiger charge is 2.34. The van der Waals surface area contributed by atoms with Gasteiger partial charge in [0.1, 0.15) is 11.6 Å². The van der Waals surface area contributed by atoms with Crippen molar-refractivity contribution < 1.29 is 23.8 Å². The summed E-state index contributed by atoms with van der Waals surface area (Å²) in [6.07, 6.45) is -1.07. The Kier molecular flexibility index (Phi) is 5.49. The number of hydrogen-bond donors (Lipinski definition) is 2. The molecule has 2 aromatic rings. The second-order valence-corrected chi connectivity index (χ2v) is 6.31. The summed E-state index contributed by atoms with van der Waals surface area (Å²) in [7, 11) is 0. The smallest absolute Gasteiger partial charge is 0.407 e. The Hall–Kier alpha value is -2.51. The van der Waals surface area contributed by atoms with Crippen molar-refractivity contribution in [3.63, 3.8) is 0 Å². The van der Waals surface area contributed by atoms with Crippen LogP contribution in [0.4, 0.5) is 13.6 Å². The van der Waals surface area contributed by atoms with Crippen LogP contribution in [0.3, 0.4) is 0 Å². The number of halogens is 2. The third kappa shape index (κ3) is 3.84. The Bertz CT molecular complexity index is 707. The van der Waals surface area contributed by atoms with Gasteiger partial charge in [-0.3, -0.25) is 4.90 Å². The van der Waals surface area contributed by atoms with Crippen LogP contribution in [-0.2, 0) is 0 Å². The lowest BCUT2D eigenvalue weighted by Gasteiger charge is -2.43.